The van der Waals surface area contributed by atoms with E-state index in [4.69, 9.17) is 6.42 Å². The van der Waals surface area contributed by atoms with Gasteiger partial charge in [0.25, 0.3) is 0 Å². The molecule has 0 saturated heterocycles. The lowest BCUT2D eigenvalue weighted by Gasteiger charge is -1.99. The van der Waals surface area contributed by atoms with Gasteiger partial charge in [-0.15, -0.1) is 6.42 Å². The molecular weight excluding hydrogens is 629 g/mol. The Morgan fingerprint density at radius 3 is 1.51 bits per heavy atom. The normalized spacial score (nSPS) is 9.61. The molecule has 41 heavy (non-hydrogen) atoms. The maximum atomic E-state index is 12.9. The largest absolute Gasteiger partial charge is 0.240 e. The van der Waals surface area contributed by atoms with Crippen LogP contribution in [0.1, 0.15) is 16.8 Å². The fourth-order valence-corrected chi connectivity index (χ4v) is 3.75. The number of hydrogen-bond donors (Lipinski definition) is 0. The van der Waals surface area contributed by atoms with Gasteiger partial charge in [-0.2, -0.15) is 10.2 Å². The van der Waals surface area contributed by atoms with Crippen molar-refractivity contribution in [3.63, 3.8) is 0 Å². The van der Waals surface area contributed by atoms with E-state index in [2.05, 4.69) is 50.5 Å². The monoisotopic (exact) mass is 652 g/mol. The summed E-state index contributed by atoms with van der Waals surface area (Å²) < 4.78 is 29.7. The minimum Gasteiger partial charge on any atom is -0.240 e. The van der Waals surface area contributed by atoms with Crippen molar-refractivity contribution in [3.8, 4) is 35.6 Å². The predicted molar refractivity (Wildman–Crippen MR) is 167 cm³/mol. The molecule has 0 fully saturated rings. The molecule has 0 unspecified atom stereocenters. The number of rotatable bonds is 2. The maximum absolute atomic E-state index is 12.9. The summed E-state index contributed by atoms with van der Waals surface area (Å²) in [4.78, 5) is 0. The van der Waals surface area contributed by atoms with E-state index in [1.54, 1.807) is 33.6 Å². The van der Waals surface area contributed by atoms with Gasteiger partial charge in [-0.1, -0.05) is 48.2 Å². The van der Waals surface area contributed by atoms with Crippen LogP contribution in [0.2, 0.25) is 0 Å². The highest BCUT2D eigenvalue weighted by atomic mass is 127. The lowest BCUT2D eigenvalue weighted by Crippen LogP contribution is -1.94. The summed E-state index contributed by atoms with van der Waals surface area (Å²) in [7, 11) is 0. The summed E-state index contributed by atoms with van der Waals surface area (Å²) in [5.41, 5.74) is 4.23. The van der Waals surface area contributed by atoms with Crippen LogP contribution in [0.25, 0.3) is 11.4 Å². The molecule has 0 atom stereocenters. The van der Waals surface area contributed by atoms with Gasteiger partial charge in [0.05, 0.1) is 11.4 Å². The molecular formula is C34H23F2IN4. The minimum absolute atomic E-state index is 0.231. The quantitative estimate of drug-likeness (QED) is 0.142. The Morgan fingerprint density at radius 1 is 0.561 bits per heavy atom. The van der Waals surface area contributed by atoms with E-state index >= 15 is 0 Å². The third kappa shape index (κ3) is 9.31. The molecule has 0 aliphatic heterocycles. The Morgan fingerprint density at radius 2 is 1.05 bits per heavy atom. The van der Waals surface area contributed by atoms with E-state index in [0.29, 0.717) is 5.69 Å². The Kier molecular flexibility index (Phi) is 10.6. The van der Waals surface area contributed by atoms with Crippen LogP contribution in [-0.2, 0) is 0 Å². The zero-order valence-corrected chi connectivity index (χ0v) is 23.9. The van der Waals surface area contributed by atoms with E-state index in [-0.39, 0.29) is 11.6 Å². The van der Waals surface area contributed by atoms with Gasteiger partial charge in [0.1, 0.15) is 21.0 Å². The molecule has 7 heteroatoms. The molecule has 0 saturated carbocycles. The molecule has 4 aromatic carbocycles. The average Bonchev–Trinajstić information content (AvgIpc) is 3.68. The van der Waals surface area contributed by atoms with Gasteiger partial charge in [-0.05, 0) is 113 Å². The Labute approximate surface area is 251 Å². The summed E-state index contributed by atoms with van der Waals surface area (Å²) in [6.45, 7) is 0. The van der Waals surface area contributed by atoms with Gasteiger partial charge >= 0.3 is 0 Å². The van der Waals surface area contributed by atoms with Crippen LogP contribution in [0.4, 0.5) is 8.78 Å². The molecule has 0 amide bonds. The minimum atomic E-state index is -0.259. The highest BCUT2D eigenvalue weighted by Crippen LogP contribution is 2.10. The molecule has 6 aromatic rings. The summed E-state index contributed by atoms with van der Waals surface area (Å²) in [6, 6.07) is 35.5. The van der Waals surface area contributed by atoms with Crippen molar-refractivity contribution >= 4 is 22.6 Å². The van der Waals surface area contributed by atoms with Gasteiger partial charge in [0.2, 0.25) is 0 Å². The summed E-state index contributed by atoms with van der Waals surface area (Å²) in [5, 5.41) is 8.54. The lowest BCUT2D eigenvalue weighted by atomic mass is 10.2. The fraction of sp³-hybridized carbons (Fsp3) is 0. The number of halogens is 3. The summed E-state index contributed by atoms with van der Waals surface area (Å²) in [6.07, 6.45) is 8.75. The summed E-state index contributed by atoms with van der Waals surface area (Å²) >= 11 is 2.13. The molecule has 6 rings (SSSR count). The Hall–Kier alpha value is -4.99. The molecule has 0 aliphatic carbocycles. The maximum Gasteiger partial charge on any atom is 0.136 e. The molecule has 2 aromatic heterocycles. The number of aromatic nitrogens is 4. The van der Waals surface area contributed by atoms with Crippen molar-refractivity contribution in [2.24, 2.45) is 0 Å². The van der Waals surface area contributed by atoms with Gasteiger partial charge in [-0.3, -0.25) is 0 Å². The standard InChI is InChI=1S/C17H11FN2.C9H6FIN2.C8H6/c18-15-7-10-17(11-8-15)20-13-12-16(19-20)9-6-14-4-2-1-3-5-14;10-7-1-3-8(4-2-7)13-6-5-9(11)12-13;1-2-8-6-4-3-5-7-8/h1-5,7-8,10-13H;1-6H;1,3-7H. The first kappa shape index (κ1) is 29.0. The lowest BCUT2D eigenvalue weighted by molar-refractivity contribution is 0.626. The molecule has 2 heterocycles. The van der Waals surface area contributed by atoms with Crippen LogP contribution >= 0.6 is 22.6 Å². The first-order valence-electron chi connectivity index (χ1n) is 12.4. The second kappa shape index (κ2) is 15.0. The average molecular weight is 652 g/mol. The number of nitrogens with zero attached hydrogens (tertiary/aromatic N) is 4. The predicted octanol–water partition coefficient (Wildman–Crippen LogP) is 7.70. The van der Waals surface area contributed by atoms with E-state index in [1.807, 2.05) is 85.2 Å². The van der Waals surface area contributed by atoms with E-state index in [0.717, 1.165) is 26.2 Å². The zero-order chi connectivity index (χ0) is 28.9. The van der Waals surface area contributed by atoms with Crippen molar-refractivity contribution in [2.75, 3.05) is 0 Å². The van der Waals surface area contributed by atoms with Crippen LogP contribution in [0, 0.1) is 39.5 Å². The molecule has 0 spiro atoms. The van der Waals surface area contributed by atoms with Gasteiger partial charge in [0, 0.05) is 23.5 Å². The van der Waals surface area contributed by atoms with Crippen LogP contribution in [0.3, 0.4) is 0 Å². The smallest absolute Gasteiger partial charge is 0.136 e. The number of benzene rings is 4. The number of hydrogen-bond acceptors (Lipinski definition) is 2. The van der Waals surface area contributed by atoms with Crippen LogP contribution < -0.4 is 0 Å². The summed E-state index contributed by atoms with van der Waals surface area (Å²) in [5.74, 6) is 8.09. The highest BCUT2D eigenvalue weighted by molar-refractivity contribution is 14.1. The molecule has 0 N–H and O–H groups in total. The topological polar surface area (TPSA) is 35.6 Å². The van der Waals surface area contributed by atoms with Crippen molar-refractivity contribution < 1.29 is 8.78 Å². The van der Waals surface area contributed by atoms with Crippen molar-refractivity contribution in [1.29, 1.82) is 0 Å². The molecule has 0 radical (unpaired) electrons. The van der Waals surface area contributed by atoms with Crippen molar-refractivity contribution in [1.82, 2.24) is 19.6 Å². The van der Waals surface area contributed by atoms with Gasteiger partial charge in [0.15, 0.2) is 0 Å². The van der Waals surface area contributed by atoms with E-state index < -0.39 is 0 Å². The van der Waals surface area contributed by atoms with Crippen LogP contribution in [-0.4, -0.2) is 19.6 Å². The third-order valence-electron chi connectivity index (χ3n) is 5.38. The second-order valence-corrected chi connectivity index (χ2v) is 9.41. The van der Waals surface area contributed by atoms with Crippen LogP contribution in [0.15, 0.2) is 134 Å². The van der Waals surface area contributed by atoms with Crippen molar-refractivity contribution in [2.45, 2.75) is 0 Å². The SMILES string of the molecule is C#Cc1ccccc1.Fc1ccc(-n2ccc(C#Cc3ccccc3)n2)cc1.Fc1ccc(-n2ccc(I)n2)cc1. The van der Waals surface area contributed by atoms with Crippen molar-refractivity contribution in [3.05, 3.63) is 166 Å². The van der Waals surface area contributed by atoms with Gasteiger partial charge < -0.3 is 0 Å². The molecule has 4 nitrogen and oxygen atoms in total. The molecule has 0 aliphatic rings. The fourth-order valence-electron chi connectivity index (χ4n) is 3.36. The molecule has 200 valence electrons. The first-order valence-corrected chi connectivity index (χ1v) is 13.5. The Balaban J connectivity index is 0.000000158. The van der Waals surface area contributed by atoms with Crippen LogP contribution in [0.5, 0.6) is 0 Å². The zero-order valence-electron chi connectivity index (χ0n) is 21.7. The molecule has 0 bridgehead atoms. The highest BCUT2D eigenvalue weighted by Gasteiger charge is 2.00. The first-order chi connectivity index (χ1) is 20.0. The van der Waals surface area contributed by atoms with E-state index in [1.165, 1.54) is 24.3 Å². The second-order valence-electron chi connectivity index (χ2n) is 8.31. The van der Waals surface area contributed by atoms with Gasteiger partial charge in [-0.25, -0.2) is 18.1 Å². The number of terminal acetylenes is 1. The van der Waals surface area contributed by atoms with E-state index in [9.17, 15) is 8.78 Å². The Bertz CT molecular complexity index is 1760. The third-order valence-corrected chi connectivity index (χ3v) is 5.95.